The van der Waals surface area contributed by atoms with E-state index in [2.05, 4.69) is 19.9 Å². The van der Waals surface area contributed by atoms with Crippen LogP contribution >= 0.6 is 0 Å². The van der Waals surface area contributed by atoms with Gasteiger partial charge in [-0.3, -0.25) is 14.8 Å². The summed E-state index contributed by atoms with van der Waals surface area (Å²) in [4.78, 5) is 15.7. The third-order valence-corrected chi connectivity index (χ3v) is 5.85. The average molecular weight is 455 g/mol. The number of piperazine rings is 1. The summed E-state index contributed by atoms with van der Waals surface area (Å²) in [6.07, 6.45) is -0.311. The smallest absolute Gasteiger partial charge is 0.401 e. The molecule has 2 aliphatic heterocycles. The number of hydrogen-bond donors (Lipinski definition) is 1. The van der Waals surface area contributed by atoms with Crippen molar-refractivity contribution in [3.63, 3.8) is 0 Å². The summed E-state index contributed by atoms with van der Waals surface area (Å²) in [7, 11) is 0. The van der Waals surface area contributed by atoms with Gasteiger partial charge in [0.1, 0.15) is 17.3 Å². The number of nitrogens with zero attached hydrogens (tertiary/aromatic N) is 4. The van der Waals surface area contributed by atoms with E-state index < -0.39 is 12.7 Å². The lowest BCUT2D eigenvalue weighted by Gasteiger charge is -2.34. The molecule has 2 aliphatic rings. The SMILES string of the molecule is FC(F)(F)CN1CCN(Cc2nc3ccc(Oc4ccc(C5=CC=NC5)cc4)cc3[nH]2)CC1. The van der Waals surface area contributed by atoms with Crippen LogP contribution in [0, 0.1) is 0 Å². The standard InChI is InChI=1S/C24H24F3N5O/c25-24(26,27)16-32-11-9-31(10-12-32)15-23-29-21-6-5-20(13-22(21)30-23)33-19-3-1-17(2-4-19)18-7-8-28-14-18/h1-8,13H,9-12,14-16H2,(H,29,30). The van der Waals surface area contributed by atoms with Crippen LogP contribution in [0.2, 0.25) is 0 Å². The van der Waals surface area contributed by atoms with Gasteiger partial charge in [-0.1, -0.05) is 12.1 Å². The molecule has 0 spiro atoms. The third kappa shape index (κ3) is 5.43. The fraction of sp³-hybridized carbons (Fsp3) is 0.333. The van der Waals surface area contributed by atoms with Crippen molar-refractivity contribution >= 4 is 22.8 Å². The van der Waals surface area contributed by atoms with Crippen molar-refractivity contribution in [1.29, 1.82) is 0 Å². The van der Waals surface area contributed by atoms with E-state index >= 15 is 0 Å². The molecule has 0 bridgehead atoms. The van der Waals surface area contributed by atoms with Crippen LogP contribution in [0.15, 0.2) is 53.5 Å². The van der Waals surface area contributed by atoms with E-state index in [1.807, 2.05) is 54.8 Å². The van der Waals surface area contributed by atoms with Crippen molar-refractivity contribution < 1.29 is 17.9 Å². The van der Waals surface area contributed by atoms with Crippen molar-refractivity contribution in [2.45, 2.75) is 12.7 Å². The lowest BCUT2D eigenvalue weighted by Crippen LogP contribution is -2.48. The van der Waals surface area contributed by atoms with Gasteiger partial charge in [-0.25, -0.2) is 4.98 Å². The molecule has 0 aliphatic carbocycles. The van der Waals surface area contributed by atoms with Crippen molar-refractivity contribution in [2.24, 2.45) is 4.99 Å². The van der Waals surface area contributed by atoms with Crippen molar-refractivity contribution in [3.05, 3.63) is 59.9 Å². The number of rotatable bonds is 6. The summed E-state index contributed by atoms with van der Waals surface area (Å²) in [5, 5.41) is 0. The molecule has 0 amide bonds. The monoisotopic (exact) mass is 455 g/mol. The van der Waals surface area contributed by atoms with E-state index in [9.17, 15) is 13.2 Å². The van der Waals surface area contributed by atoms with Gasteiger partial charge in [-0.05, 0) is 41.5 Å². The lowest BCUT2D eigenvalue weighted by molar-refractivity contribution is -0.149. The highest BCUT2D eigenvalue weighted by molar-refractivity contribution is 5.89. The van der Waals surface area contributed by atoms with Gasteiger partial charge >= 0.3 is 6.18 Å². The summed E-state index contributed by atoms with van der Waals surface area (Å²) in [6, 6.07) is 13.6. The molecule has 1 saturated heterocycles. The highest BCUT2D eigenvalue weighted by atomic mass is 19.4. The zero-order valence-electron chi connectivity index (χ0n) is 18.0. The Bertz CT molecular complexity index is 1180. The number of allylic oxidation sites excluding steroid dienone is 1. The molecule has 3 heterocycles. The molecule has 0 atom stereocenters. The molecule has 0 saturated carbocycles. The van der Waals surface area contributed by atoms with E-state index in [4.69, 9.17) is 4.74 Å². The summed E-state index contributed by atoms with van der Waals surface area (Å²) >= 11 is 0. The van der Waals surface area contributed by atoms with Gasteiger partial charge in [-0.15, -0.1) is 0 Å². The molecule has 1 fully saturated rings. The second kappa shape index (κ2) is 8.99. The minimum absolute atomic E-state index is 0.404. The van der Waals surface area contributed by atoms with Gasteiger partial charge in [0.2, 0.25) is 0 Å². The Morgan fingerprint density at radius 3 is 2.36 bits per heavy atom. The number of nitrogens with one attached hydrogen (secondary N) is 1. The van der Waals surface area contributed by atoms with E-state index in [1.165, 1.54) is 10.5 Å². The first-order valence-corrected chi connectivity index (χ1v) is 10.9. The number of fused-ring (bicyclic) bond motifs is 1. The highest BCUT2D eigenvalue weighted by Crippen LogP contribution is 2.27. The summed E-state index contributed by atoms with van der Waals surface area (Å²) in [6.45, 7) is 2.42. The second-order valence-corrected chi connectivity index (χ2v) is 8.34. The van der Waals surface area contributed by atoms with Crippen LogP contribution in [0.1, 0.15) is 11.4 Å². The van der Waals surface area contributed by atoms with Crippen LogP contribution in [-0.4, -0.2) is 71.4 Å². The van der Waals surface area contributed by atoms with Crippen LogP contribution in [0.3, 0.4) is 0 Å². The molecular weight excluding hydrogens is 431 g/mol. The Balaban J connectivity index is 1.19. The number of imidazole rings is 1. The largest absolute Gasteiger partial charge is 0.457 e. The first-order valence-electron chi connectivity index (χ1n) is 10.9. The van der Waals surface area contributed by atoms with Crippen molar-refractivity contribution in [1.82, 2.24) is 19.8 Å². The number of aromatic nitrogens is 2. The van der Waals surface area contributed by atoms with Gasteiger partial charge in [0.05, 0.1) is 30.7 Å². The number of ether oxygens (including phenoxy) is 1. The molecule has 2 aromatic carbocycles. The molecule has 0 radical (unpaired) electrons. The predicted molar refractivity (Wildman–Crippen MR) is 122 cm³/mol. The first-order chi connectivity index (χ1) is 15.9. The average Bonchev–Trinajstić information content (AvgIpc) is 3.44. The quantitative estimate of drug-likeness (QED) is 0.595. The van der Waals surface area contributed by atoms with Crippen LogP contribution in [0.25, 0.3) is 16.6 Å². The Hall–Kier alpha value is -3.17. The normalized spacial score (nSPS) is 17.6. The Kier molecular flexibility index (Phi) is 5.90. The Labute approximate surface area is 189 Å². The molecule has 6 nitrogen and oxygen atoms in total. The molecule has 0 unspecified atom stereocenters. The Morgan fingerprint density at radius 2 is 1.67 bits per heavy atom. The fourth-order valence-electron chi connectivity index (χ4n) is 4.16. The molecule has 1 aromatic heterocycles. The van der Waals surface area contributed by atoms with Gasteiger partial charge in [0.15, 0.2) is 0 Å². The van der Waals surface area contributed by atoms with E-state index in [0.717, 1.165) is 28.2 Å². The number of benzene rings is 2. The summed E-state index contributed by atoms with van der Waals surface area (Å²) in [5.41, 5.74) is 4.02. The summed E-state index contributed by atoms with van der Waals surface area (Å²) < 4.78 is 43.7. The molecule has 1 N–H and O–H groups in total. The van der Waals surface area contributed by atoms with Crippen molar-refractivity contribution in [3.8, 4) is 11.5 Å². The maximum atomic E-state index is 12.6. The summed E-state index contributed by atoms with van der Waals surface area (Å²) in [5.74, 6) is 2.24. The predicted octanol–water partition coefficient (Wildman–Crippen LogP) is 4.50. The fourth-order valence-corrected chi connectivity index (χ4v) is 4.16. The molecule has 3 aromatic rings. The lowest BCUT2D eigenvalue weighted by atomic mass is 10.1. The van der Waals surface area contributed by atoms with Crippen LogP contribution < -0.4 is 4.74 Å². The van der Waals surface area contributed by atoms with Crippen LogP contribution in [-0.2, 0) is 6.54 Å². The van der Waals surface area contributed by atoms with Gasteiger partial charge in [0.25, 0.3) is 0 Å². The zero-order valence-corrected chi connectivity index (χ0v) is 18.0. The first kappa shape index (κ1) is 21.7. The highest BCUT2D eigenvalue weighted by Gasteiger charge is 2.32. The number of hydrogen-bond acceptors (Lipinski definition) is 5. The van der Waals surface area contributed by atoms with Crippen LogP contribution in [0.5, 0.6) is 11.5 Å². The Morgan fingerprint density at radius 1 is 0.939 bits per heavy atom. The maximum Gasteiger partial charge on any atom is 0.401 e. The number of aliphatic imine (C=N–C) groups is 1. The molecule has 33 heavy (non-hydrogen) atoms. The molecule has 5 rings (SSSR count). The number of halogens is 3. The van der Waals surface area contributed by atoms with Gasteiger partial charge in [-0.2, -0.15) is 13.2 Å². The second-order valence-electron chi connectivity index (χ2n) is 8.34. The molecular formula is C24H24F3N5O. The number of aromatic amines is 1. The van der Waals surface area contributed by atoms with E-state index in [-0.39, 0.29) is 0 Å². The maximum absolute atomic E-state index is 12.6. The van der Waals surface area contributed by atoms with E-state index in [0.29, 0.717) is 45.0 Å². The third-order valence-electron chi connectivity index (χ3n) is 5.85. The molecule has 172 valence electrons. The zero-order chi connectivity index (χ0) is 22.8. The topological polar surface area (TPSA) is 56.8 Å². The van der Waals surface area contributed by atoms with Crippen LogP contribution in [0.4, 0.5) is 13.2 Å². The molecule has 9 heteroatoms. The number of H-pyrrole nitrogens is 1. The number of alkyl halides is 3. The minimum Gasteiger partial charge on any atom is -0.457 e. The minimum atomic E-state index is -4.15. The van der Waals surface area contributed by atoms with Gasteiger partial charge in [0, 0.05) is 38.5 Å². The van der Waals surface area contributed by atoms with Crippen molar-refractivity contribution in [2.75, 3.05) is 39.3 Å². The van der Waals surface area contributed by atoms with E-state index in [1.54, 1.807) is 0 Å². The van der Waals surface area contributed by atoms with Gasteiger partial charge < -0.3 is 9.72 Å².